The summed E-state index contributed by atoms with van der Waals surface area (Å²) in [5.74, 6) is 1.37. The molecule has 1 saturated heterocycles. The van der Waals surface area contributed by atoms with Crippen molar-refractivity contribution in [1.82, 2.24) is 9.91 Å². The Labute approximate surface area is 188 Å². The number of ether oxygens (including phenoxy) is 2. The predicted octanol–water partition coefficient (Wildman–Crippen LogP) is 4.52. The fraction of sp³-hybridized carbons (Fsp3) is 0.417. The lowest BCUT2D eigenvalue weighted by Gasteiger charge is -2.29. The van der Waals surface area contributed by atoms with Crippen LogP contribution in [0.2, 0.25) is 5.02 Å². The van der Waals surface area contributed by atoms with Gasteiger partial charge >= 0.3 is 0 Å². The summed E-state index contributed by atoms with van der Waals surface area (Å²) in [4.78, 5) is 15.5. The number of benzene rings is 2. The van der Waals surface area contributed by atoms with Crippen molar-refractivity contribution in [2.24, 2.45) is 5.10 Å². The first-order valence-electron chi connectivity index (χ1n) is 10.7. The first-order chi connectivity index (χ1) is 15.1. The lowest BCUT2D eigenvalue weighted by Crippen LogP contribution is -2.40. The number of likely N-dealkylation sites (tertiary alicyclic amines) is 1. The van der Waals surface area contributed by atoms with Gasteiger partial charge in [0.2, 0.25) is 0 Å². The molecule has 1 atom stereocenters. The average Bonchev–Trinajstić information content (AvgIpc) is 3.24. The fourth-order valence-corrected chi connectivity index (χ4v) is 4.57. The van der Waals surface area contributed by atoms with E-state index in [9.17, 15) is 4.79 Å². The van der Waals surface area contributed by atoms with Crippen LogP contribution in [0.4, 0.5) is 0 Å². The molecular formula is C24H28ClN3O3. The Morgan fingerprint density at radius 3 is 2.58 bits per heavy atom. The molecule has 0 saturated carbocycles. The van der Waals surface area contributed by atoms with E-state index in [1.54, 1.807) is 19.2 Å². The van der Waals surface area contributed by atoms with Gasteiger partial charge in [-0.15, -0.1) is 0 Å². The highest BCUT2D eigenvalue weighted by Crippen LogP contribution is 2.38. The second-order valence-electron chi connectivity index (χ2n) is 7.93. The summed E-state index contributed by atoms with van der Waals surface area (Å²) in [5, 5.41) is 7.04. The molecule has 2 aromatic carbocycles. The number of piperidine rings is 1. The van der Waals surface area contributed by atoms with E-state index in [1.807, 2.05) is 42.5 Å². The van der Waals surface area contributed by atoms with Gasteiger partial charge in [-0.05, 0) is 49.7 Å². The van der Waals surface area contributed by atoms with Crippen molar-refractivity contribution in [3.63, 3.8) is 0 Å². The van der Waals surface area contributed by atoms with E-state index in [0.717, 1.165) is 42.8 Å². The smallest absolute Gasteiger partial charge is 0.257 e. The van der Waals surface area contributed by atoms with Gasteiger partial charge in [-0.25, -0.2) is 5.01 Å². The quantitative estimate of drug-likeness (QED) is 0.661. The minimum atomic E-state index is -0.243. The summed E-state index contributed by atoms with van der Waals surface area (Å²) >= 11 is 6.52. The summed E-state index contributed by atoms with van der Waals surface area (Å²) in [6.07, 6.45) is 4.08. The molecule has 4 rings (SSSR count). The van der Waals surface area contributed by atoms with E-state index in [1.165, 1.54) is 6.42 Å². The van der Waals surface area contributed by atoms with Gasteiger partial charge in [-0.3, -0.25) is 9.69 Å². The Morgan fingerprint density at radius 1 is 1.10 bits per heavy atom. The number of nitrogens with zero attached hydrogens (tertiary/aromatic N) is 3. The zero-order valence-electron chi connectivity index (χ0n) is 18.0. The lowest BCUT2D eigenvalue weighted by molar-refractivity contribution is -0.134. The van der Waals surface area contributed by atoms with Crippen molar-refractivity contribution in [2.75, 3.05) is 33.9 Å². The van der Waals surface area contributed by atoms with Crippen LogP contribution in [0, 0.1) is 0 Å². The van der Waals surface area contributed by atoms with Gasteiger partial charge in [0.1, 0.15) is 11.5 Å². The number of methoxy groups -OCH3 is 2. The van der Waals surface area contributed by atoms with Gasteiger partial charge in [0, 0.05) is 23.1 Å². The fourth-order valence-electron chi connectivity index (χ4n) is 4.31. The number of carbonyl (C=O) groups excluding carboxylic acids is 1. The maximum atomic E-state index is 13.3. The summed E-state index contributed by atoms with van der Waals surface area (Å²) in [6, 6.07) is 13.1. The van der Waals surface area contributed by atoms with Gasteiger partial charge < -0.3 is 9.47 Å². The molecule has 2 aliphatic rings. The first kappa shape index (κ1) is 21.7. The average molecular weight is 442 g/mol. The largest absolute Gasteiger partial charge is 0.497 e. The van der Waals surface area contributed by atoms with Gasteiger partial charge in [0.05, 0.1) is 32.5 Å². The number of hydrazone groups is 1. The second-order valence-corrected chi connectivity index (χ2v) is 8.34. The molecule has 0 aliphatic carbocycles. The number of carbonyl (C=O) groups is 1. The lowest BCUT2D eigenvalue weighted by atomic mass is 9.97. The van der Waals surface area contributed by atoms with Gasteiger partial charge in [-0.2, -0.15) is 5.10 Å². The Hall–Kier alpha value is -2.57. The van der Waals surface area contributed by atoms with Gasteiger partial charge in [0.15, 0.2) is 0 Å². The van der Waals surface area contributed by atoms with E-state index in [2.05, 4.69) is 4.90 Å². The molecule has 31 heavy (non-hydrogen) atoms. The highest BCUT2D eigenvalue weighted by atomic mass is 35.5. The molecule has 1 fully saturated rings. The first-order valence-corrected chi connectivity index (χ1v) is 11.1. The van der Waals surface area contributed by atoms with Crippen LogP contribution in [0.25, 0.3) is 0 Å². The summed E-state index contributed by atoms with van der Waals surface area (Å²) in [5.41, 5.74) is 2.56. The Morgan fingerprint density at radius 2 is 1.87 bits per heavy atom. The Balaban J connectivity index is 1.66. The van der Waals surface area contributed by atoms with E-state index < -0.39 is 0 Å². The molecule has 2 aliphatic heterocycles. The monoisotopic (exact) mass is 441 g/mol. The van der Waals surface area contributed by atoms with Crippen LogP contribution in [0.3, 0.4) is 0 Å². The zero-order chi connectivity index (χ0) is 21.8. The second kappa shape index (κ2) is 9.71. The van der Waals surface area contributed by atoms with E-state index in [0.29, 0.717) is 29.5 Å². The van der Waals surface area contributed by atoms with Gasteiger partial charge in [-0.1, -0.05) is 36.2 Å². The zero-order valence-corrected chi connectivity index (χ0v) is 18.8. The van der Waals surface area contributed by atoms with Crippen LogP contribution < -0.4 is 9.47 Å². The molecule has 7 heteroatoms. The van der Waals surface area contributed by atoms with E-state index in [4.69, 9.17) is 26.2 Å². The molecule has 0 N–H and O–H groups in total. The number of hydrogen-bond acceptors (Lipinski definition) is 5. The molecule has 6 nitrogen and oxygen atoms in total. The highest BCUT2D eigenvalue weighted by Gasteiger charge is 2.35. The van der Waals surface area contributed by atoms with E-state index >= 15 is 0 Å². The van der Waals surface area contributed by atoms with Crippen molar-refractivity contribution in [2.45, 2.75) is 31.7 Å². The molecule has 164 valence electrons. The molecule has 2 aromatic rings. The Kier molecular flexibility index (Phi) is 6.78. The molecular weight excluding hydrogens is 414 g/mol. The van der Waals surface area contributed by atoms with Crippen molar-refractivity contribution in [3.05, 3.63) is 58.6 Å². The molecule has 1 unspecified atom stereocenters. The summed E-state index contributed by atoms with van der Waals surface area (Å²) in [6.45, 7) is 2.29. The summed E-state index contributed by atoms with van der Waals surface area (Å²) in [7, 11) is 3.24. The van der Waals surface area contributed by atoms with E-state index in [-0.39, 0.29) is 11.9 Å². The van der Waals surface area contributed by atoms with Crippen molar-refractivity contribution in [1.29, 1.82) is 0 Å². The van der Waals surface area contributed by atoms with Crippen molar-refractivity contribution >= 4 is 23.2 Å². The minimum Gasteiger partial charge on any atom is -0.497 e. The standard InChI is InChI=1S/C24H28ClN3O3/c1-30-17-10-11-19(23(14-17)31-2)21-15-22(18-8-4-5-9-20(18)25)28(26-21)24(29)16-27-12-6-3-7-13-27/h4-5,8-11,14,22H,3,6-7,12-13,15-16H2,1-2H3. The number of rotatable bonds is 6. The number of halogens is 1. The molecule has 2 heterocycles. The minimum absolute atomic E-state index is 0.00528. The van der Waals surface area contributed by atoms with Crippen LogP contribution in [-0.2, 0) is 4.79 Å². The van der Waals surface area contributed by atoms with Crippen molar-refractivity contribution < 1.29 is 14.3 Å². The maximum absolute atomic E-state index is 13.3. The normalized spacial score (nSPS) is 19.3. The number of hydrogen-bond donors (Lipinski definition) is 0. The Bertz CT molecular complexity index is 972. The third-order valence-corrected chi connectivity index (χ3v) is 6.30. The third kappa shape index (κ3) is 4.70. The third-order valence-electron chi connectivity index (χ3n) is 5.96. The SMILES string of the molecule is COc1ccc(C2=NN(C(=O)CN3CCCCC3)C(c3ccccc3Cl)C2)c(OC)c1. The number of amides is 1. The van der Waals surface area contributed by atoms with Crippen LogP contribution in [0.5, 0.6) is 11.5 Å². The van der Waals surface area contributed by atoms with Gasteiger partial charge in [0.25, 0.3) is 5.91 Å². The van der Waals surface area contributed by atoms with Crippen molar-refractivity contribution in [3.8, 4) is 11.5 Å². The molecule has 0 radical (unpaired) electrons. The predicted molar refractivity (Wildman–Crippen MR) is 122 cm³/mol. The molecule has 1 amide bonds. The topological polar surface area (TPSA) is 54.4 Å². The maximum Gasteiger partial charge on any atom is 0.257 e. The van der Waals surface area contributed by atoms with Crippen LogP contribution in [0.15, 0.2) is 47.6 Å². The molecule has 0 spiro atoms. The molecule has 0 aromatic heterocycles. The van der Waals surface area contributed by atoms with Crippen LogP contribution in [0.1, 0.15) is 42.9 Å². The van der Waals surface area contributed by atoms with Crippen LogP contribution in [-0.4, -0.2) is 55.4 Å². The highest BCUT2D eigenvalue weighted by molar-refractivity contribution is 6.31. The molecule has 0 bridgehead atoms. The van der Waals surface area contributed by atoms with Crippen LogP contribution >= 0.6 is 11.6 Å². The summed E-state index contributed by atoms with van der Waals surface area (Å²) < 4.78 is 10.9.